The monoisotopic (exact) mass is 677 g/mol. The Morgan fingerprint density at radius 1 is 1.07 bits per heavy atom. The lowest BCUT2D eigenvalue weighted by Gasteiger charge is -2.31. The van der Waals surface area contributed by atoms with Crippen molar-refractivity contribution in [2.75, 3.05) is 13.2 Å². The molecule has 0 aliphatic carbocycles. The zero-order chi connectivity index (χ0) is 33.5. The van der Waals surface area contributed by atoms with Gasteiger partial charge < -0.3 is 19.3 Å². The van der Waals surface area contributed by atoms with Gasteiger partial charge in [-0.3, -0.25) is 15.0 Å². The second-order valence-electron chi connectivity index (χ2n) is 11.6. The van der Waals surface area contributed by atoms with Gasteiger partial charge in [-0.25, -0.2) is 19.2 Å². The molecule has 13 heteroatoms. The minimum absolute atomic E-state index is 0.00147. The largest absolute Gasteiger partial charge is 0.494 e. The third kappa shape index (κ3) is 8.94. The molecule has 2 atom stereocenters. The third-order valence-electron chi connectivity index (χ3n) is 6.90. The number of esters is 1. The van der Waals surface area contributed by atoms with Crippen LogP contribution < -0.4 is 15.6 Å². The average molecular weight is 679 g/mol. The van der Waals surface area contributed by atoms with Gasteiger partial charge in [-0.1, -0.05) is 35.3 Å². The van der Waals surface area contributed by atoms with Gasteiger partial charge in [0.25, 0.3) is 5.91 Å². The Kier molecular flexibility index (Phi) is 11.6. The number of carbonyl (C=O) groups excluding carboxylic acids is 2. The molecule has 0 spiro atoms. The molecule has 3 aromatic rings. The van der Waals surface area contributed by atoms with E-state index in [-0.39, 0.29) is 42.5 Å². The number of rotatable bonds is 13. The van der Waals surface area contributed by atoms with E-state index in [0.29, 0.717) is 34.9 Å². The van der Waals surface area contributed by atoms with Crippen LogP contribution in [0.25, 0.3) is 0 Å². The molecule has 0 aromatic heterocycles. The molecule has 3 N–H and O–H groups in total. The zero-order valence-corrected chi connectivity index (χ0v) is 27.1. The molecule has 46 heavy (non-hydrogen) atoms. The molecule has 1 aliphatic heterocycles. The highest BCUT2D eigenvalue weighted by Crippen LogP contribution is 2.45. The first-order chi connectivity index (χ1) is 21.8. The van der Waals surface area contributed by atoms with E-state index < -0.39 is 40.8 Å². The van der Waals surface area contributed by atoms with Crippen molar-refractivity contribution >= 4 is 41.0 Å². The summed E-state index contributed by atoms with van der Waals surface area (Å²) in [5.41, 5.74) is 3.72. The van der Waals surface area contributed by atoms with Gasteiger partial charge in [0.1, 0.15) is 23.0 Å². The van der Waals surface area contributed by atoms with Crippen molar-refractivity contribution in [1.82, 2.24) is 10.9 Å². The maximum absolute atomic E-state index is 14.3. The predicted molar refractivity (Wildman–Crippen MR) is 170 cm³/mol. The van der Waals surface area contributed by atoms with Gasteiger partial charge in [-0.05, 0) is 69.7 Å². The van der Waals surface area contributed by atoms with E-state index in [4.69, 9.17) is 47.5 Å². The summed E-state index contributed by atoms with van der Waals surface area (Å²) < 4.78 is 45.2. The van der Waals surface area contributed by atoms with Crippen LogP contribution in [0.1, 0.15) is 62.8 Å². The lowest BCUT2D eigenvalue weighted by Crippen LogP contribution is -2.52. The first kappa shape index (κ1) is 35.1. The standard InChI is InChI=1S/C33H35Cl2F2N3O6/c1-32(2,3)46-28(42)13-14-33(31(43)40-38-19-21-5-9-23(36)18-27(21)37)29(25-12-8-22(34)17-26(25)35)45-30(39-33)20-6-10-24(11-7-20)44-16-4-15-41/h5-12,17-18,29,38,41H,4,13-16,19H2,1-3H3,(H,40,43)/t29-,33-/m0/s1. The van der Waals surface area contributed by atoms with Crippen molar-refractivity contribution in [2.45, 2.75) is 63.8 Å². The van der Waals surface area contributed by atoms with Gasteiger partial charge in [0.15, 0.2) is 11.6 Å². The Hall–Kier alpha value is -3.77. The Morgan fingerprint density at radius 3 is 2.46 bits per heavy atom. The molecule has 0 saturated carbocycles. The number of ether oxygens (including phenoxy) is 3. The summed E-state index contributed by atoms with van der Waals surface area (Å²) in [5.74, 6) is -2.13. The van der Waals surface area contributed by atoms with Crippen LogP contribution in [0.3, 0.4) is 0 Å². The van der Waals surface area contributed by atoms with Gasteiger partial charge >= 0.3 is 5.97 Å². The maximum atomic E-state index is 14.3. The number of aliphatic hydroxyl groups excluding tert-OH is 1. The zero-order valence-electron chi connectivity index (χ0n) is 25.5. The van der Waals surface area contributed by atoms with E-state index in [2.05, 4.69) is 10.9 Å². The average Bonchev–Trinajstić information content (AvgIpc) is 3.37. The van der Waals surface area contributed by atoms with Crippen LogP contribution >= 0.6 is 23.2 Å². The molecule has 1 heterocycles. The van der Waals surface area contributed by atoms with Crippen molar-refractivity contribution < 1.29 is 37.7 Å². The lowest BCUT2D eigenvalue weighted by atomic mass is 9.83. The normalized spacial score (nSPS) is 17.7. The van der Waals surface area contributed by atoms with E-state index in [1.807, 2.05) is 0 Å². The van der Waals surface area contributed by atoms with E-state index in [1.54, 1.807) is 57.2 Å². The summed E-state index contributed by atoms with van der Waals surface area (Å²) in [5, 5.41) is 9.59. The number of halogens is 4. The molecule has 0 bridgehead atoms. The topological polar surface area (TPSA) is 118 Å². The summed E-state index contributed by atoms with van der Waals surface area (Å²) >= 11 is 12.8. The number of carbonyl (C=O) groups is 2. The summed E-state index contributed by atoms with van der Waals surface area (Å²) in [6, 6.07) is 14.6. The van der Waals surface area contributed by atoms with Crippen LogP contribution in [0.5, 0.6) is 5.75 Å². The maximum Gasteiger partial charge on any atom is 0.306 e. The molecule has 0 unspecified atom stereocenters. The smallest absolute Gasteiger partial charge is 0.306 e. The lowest BCUT2D eigenvalue weighted by molar-refractivity contribution is -0.155. The van der Waals surface area contributed by atoms with Crippen molar-refractivity contribution in [3.63, 3.8) is 0 Å². The molecule has 9 nitrogen and oxygen atoms in total. The van der Waals surface area contributed by atoms with Crippen LogP contribution in [0.2, 0.25) is 10.0 Å². The Labute approximate surface area is 275 Å². The minimum atomic E-state index is -1.77. The Bertz CT molecular complexity index is 1580. The van der Waals surface area contributed by atoms with Crippen molar-refractivity contribution in [2.24, 2.45) is 4.99 Å². The number of aliphatic hydroxyl groups is 1. The minimum Gasteiger partial charge on any atom is -0.494 e. The predicted octanol–water partition coefficient (Wildman–Crippen LogP) is 6.23. The van der Waals surface area contributed by atoms with E-state index >= 15 is 0 Å². The Balaban J connectivity index is 1.71. The fourth-order valence-electron chi connectivity index (χ4n) is 4.74. The number of nitrogens with zero attached hydrogens (tertiary/aromatic N) is 1. The summed E-state index contributed by atoms with van der Waals surface area (Å²) in [6.45, 7) is 5.34. The van der Waals surface area contributed by atoms with Gasteiger partial charge in [-0.15, -0.1) is 0 Å². The third-order valence-corrected chi connectivity index (χ3v) is 7.46. The summed E-state index contributed by atoms with van der Waals surface area (Å²) in [4.78, 5) is 31.8. The molecule has 1 aliphatic rings. The fraction of sp³-hybridized carbons (Fsp3) is 0.364. The van der Waals surface area contributed by atoms with Crippen molar-refractivity contribution in [3.05, 3.63) is 99.0 Å². The number of hydrazine groups is 1. The van der Waals surface area contributed by atoms with Gasteiger partial charge in [0.05, 0.1) is 6.61 Å². The van der Waals surface area contributed by atoms with Crippen molar-refractivity contribution in [3.8, 4) is 5.75 Å². The molecule has 4 rings (SSSR count). The second kappa shape index (κ2) is 15.2. The highest BCUT2D eigenvalue weighted by Gasteiger charge is 2.54. The van der Waals surface area contributed by atoms with Gasteiger partial charge in [-0.2, -0.15) is 0 Å². The van der Waals surface area contributed by atoms with E-state index in [0.717, 1.165) is 12.1 Å². The second-order valence-corrected chi connectivity index (χ2v) is 12.4. The Morgan fingerprint density at radius 2 is 1.80 bits per heavy atom. The number of aliphatic imine (C=N–C) groups is 1. The molecule has 246 valence electrons. The number of amides is 1. The summed E-state index contributed by atoms with van der Waals surface area (Å²) in [7, 11) is 0. The number of hydrogen-bond acceptors (Lipinski definition) is 8. The molecule has 3 aromatic carbocycles. The molecule has 0 fully saturated rings. The number of benzene rings is 3. The summed E-state index contributed by atoms with van der Waals surface area (Å²) in [6.07, 6.45) is -1.02. The fourth-order valence-corrected chi connectivity index (χ4v) is 5.25. The highest BCUT2D eigenvalue weighted by atomic mass is 35.5. The molecular weight excluding hydrogens is 643 g/mol. The quantitative estimate of drug-likeness (QED) is 0.111. The number of nitrogens with one attached hydrogen (secondary N) is 2. The first-order valence-corrected chi connectivity index (χ1v) is 15.3. The highest BCUT2D eigenvalue weighted by molar-refractivity contribution is 6.35. The van der Waals surface area contributed by atoms with Crippen LogP contribution in [0.4, 0.5) is 8.78 Å². The first-order valence-electron chi connectivity index (χ1n) is 14.6. The van der Waals surface area contributed by atoms with Gasteiger partial charge in [0, 0.05) is 58.8 Å². The molecule has 0 saturated heterocycles. The van der Waals surface area contributed by atoms with Crippen LogP contribution in [0.15, 0.2) is 65.7 Å². The van der Waals surface area contributed by atoms with Gasteiger partial charge in [0.2, 0.25) is 5.90 Å². The van der Waals surface area contributed by atoms with Crippen molar-refractivity contribution in [1.29, 1.82) is 0 Å². The van der Waals surface area contributed by atoms with E-state index in [9.17, 15) is 18.4 Å². The van der Waals surface area contributed by atoms with E-state index in [1.165, 1.54) is 12.1 Å². The SMILES string of the molecule is CC(C)(C)OC(=O)CC[C@]1(C(=O)NNCc2ccc(F)cc2F)N=C(c2ccc(OCCCO)cc2)O[C@H]1c1ccc(Cl)cc1Cl. The van der Waals surface area contributed by atoms with Crippen LogP contribution in [-0.2, 0) is 25.6 Å². The van der Waals surface area contributed by atoms with Crippen LogP contribution in [-0.4, -0.2) is 47.2 Å². The molecule has 0 radical (unpaired) electrons. The molecular formula is C33H35Cl2F2N3O6. The molecule has 1 amide bonds. The number of hydrogen-bond donors (Lipinski definition) is 3. The van der Waals surface area contributed by atoms with Crippen LogP contribution in [0, 0.1) is 11.6 Å².